The van der Waals surface area contributed by atoms with Crippen LogP contribution in [0.5, 0.6) is 5.75 Å². The van der Waals surface area contributed by atoms with Gasteiger partial charge in [-0.2, -0.15) is 0 Å². The number of carbonyl (C=O) groups excluding carboxylic acids is 1. The molecule has 0 spiro atoms. The molecular weight excluding hydrogens is 328 g/mol. The first-order chi connectivity index (χ1) is 12.8. The molecule has 26 heavy (non-hydrogen) atoms. The Morgan fingerprint density at radius 2 is 2.08 bits per heavy atom. The Balaban J connectivity index is 1.70. The Hall–Kier alpha value is -2.40. The molecule has 1 aromatic carbocycles. The zero-order chi connectivity index (χ0) is 18.2. The molecule has 2 aromatic rings. The summed E-state index contributed by atoms with van der Waals surface area (Å²) in [5, 5.41) is 0. The van der Waals surface area contributed by atoms with E-state index in [9.17, 15) is 4.79 Å². The fourth-order valence-electron chi connectivity index (χ4n) is 3.44. The van der Waals surface area contributed by atoms with E-state index in [1.54, 1.807) is 19.5 Å². The average Bonchev–Trinajstić information content (AvgIpc) is 2.69. The number of pyridine rings is 1. The van der Waals surface area contributed by atoms with Crippen LogP contribution in [0.2, 0.25) is 0 Å². The summed E-state index contributed by atoms with van der Waals surface area (Å²) in [6.07, 6.45) is 5.71. The minimum absolute atomic E-state index is 0.0749. The van der Waals surface area contributed by atoms with Crippen molar-refractivity contribution < 1.29 is 14.3 Å². The van der Waals surface area contributed by atoms with E-state index in [0.29, 0.717) is 19.6 Å². The number of carbonyl (C=O) groups is 1. The van der Waals surface area contributed by atoms with Gasteiger partial charge in [0, 0.05) is 38.7 Å². The highest BCUT2D eigenvalue weighted by atomic mass is 16.5. The molecule has 0 saturated carbocycles. The highest BCUT2D eigenvalue weighted by molar-refractivity contribution is 5.76. The Bertz CT molecular complexity index is 678. The van der Waals surface area contributed by atoms with E-state index in [-0.39, 0.29) is 17.9 Å². The van der Waals surface area contributed by atoms with Gasteiger partial charge in [0.25, 0.3) is 0 Å². The van der Waals surface area contributed by atoms with Crippen LogP contribution in [0.4, 0.5) is 0 Å². The predicted molar refractivity (Wildman–Crippen MR) is 100.0 cm³/mol. The fourth-order valence-corrected chi connectivity index (χ4v) is 3.44. The van der Waals surface area contributed by atoms with Gasteiger partial charge in [0.2, 0.25) is 5.91 Å². The third-order valence-electron chi connectivity index (χ3n) is 4.80. The lowest BCUT2D eigenvalue weighted by Crippen LogP contribution is -2.48. The summed E-state index contributed by atoms with van der Waals surface area (Å²) in [6.45, 7) is 1.90. The van der Waals surface area contributed by atoms with Gasteiger partial charge in [0.05, 0.1) is 19.2 Å². The molecule has 5 nitrogen and oxygen atoms in total. The lowest BCUT2D eigenvalue weighted by Gasteiger charge is -2.38. The molecule has 0 radical (unpaired) electrons. The van der Waals surface area contributed by atoms with Crippen molar-refractivity contribution in [2.45, 2.75) is 25.4 Å². The molecule has 1 saturated heterocycles. The van der Waals surface area contributed by atoms with Crippen LogP contribution in [0.3, 0.4) is 0 Å². The van der Waals surface area contributed by atoms with E-state index in [2.05, 4.69) is 29.2 Å². The number of hydrogen-bond donors (Lipinski definition) is 0. The normalized spacial score (nSPS) is 20.0. The van der Waals surface area contributed by atoms with Crippen LogP contribution in [0.15, 0.2) is 54.9 Å². The van der Waals surface area contributed by atoms with Crippen LogP contribution < -0.4 is 4.74 Å². The molecular formula is C21H26N2O3. The van der Waals surface area contributed by atoms with Crippen molar-refractivity contribution in [3.63, 3.8) is 0 Å². The molecule has 1 fully saturated rings. The van der Waals surface area contributed by atoms with Crippen molar-refractivity contribution in [2.24, 2.45) is 5.92 Å². The summed E-state index contributed by atoms with van der Waals surface area (Å²) in [6, 6.07) is 14.2. The van der Waals surface area contributed by atoms with Gasteiger partial charge >= 0.3 is 0 Å². The second-order valence-electron chi connectivity index (χ2n) is 6.67. The van der Waals surface area contributed by atoms with Crippen LogP contribution >= 0.6 is 0 Å². The van der Waals surface area contributed by atoms with E-state index in [0.717, 1.165) is 25.1 Å². The van der Waals surface area contributed by atoms with E-state index >= 15 is 0 Å². The van der Waals surface area contributed by atoms with Crippen molar-refractivity contribution >= 4 is 5.91 Å². The van der Waals surface area contributed by atoms with Crippen LogP contribution in [-0.4, -0.2) is 48.7 Å². The van der Waals surface area contributed by atoms with E-state index < -0.39 is 0 Å². The van der Waals surface area contributed by atoms with Gasteiger partial charge in [0.1, 0.15) is 11.9 Å². The second-order valence-corrected chi connectivity index (χ2v) is 6.67. The monoisotopic (exact) mass is 354 g/mol. The quantitative estimate of drug-likeness (QED) is 0.767. The number of hydrogen-bond acceptors (Lipinski definition) is 4. The molecule has 1 aliphatic heterocycles. The summed E-state index contributed by atoms with van der Waals surface area (Å²) in [4.78, 5) is 18.5. The van der Waals surface area contributed by atoms with Gasteiger partial charge in [-0.1, -0.05) is 30.3 Å². The molecule has 1 aromatic heterocycles. The first kappa shape index (κ1) is 18.4. The molecule has 1 amide bonds. The molecule has 3 rings (SSSR count). The topological polar surface area (TPSA) is 51.7 Å². The van der Waals surface area contributed by atoms with Gasteiger partial charge in [-0.3, -0.25) is 9.78 Å². The summed E-state index contributed by atoms with van der Waals surface area (Å²) < 4.78 is 11.3. The van der Waals surface area contributed by atoms with E-state index in [4.69, 9.17) is 9.47 Å². The number of ether oxygens (including phenoxy) is 2. The highest BCUT2D eigenvalue weighted by Crippen LogP contribution is 2.26. The van der Waals surface area contributed by atoms with Gasteiger partial charge in [-0.15, -0.1) is 0 Å². The van der Waals surface area contributed by atoms with Crippen LogP contribution in [-0.2, 0) is 16.0 Å². The minimum Gasteiger partial charge on any atom is -0.488 e. The third-order valence-corrected chi connectivity index (χ3v) is 4.80. The number of rotatable bonds is 7. The molecule has 2 heterocycles. The van der Waals surface area contributed by atoms with Gasteiger partial charge < -0.3 is 14.4 Å². The molecule has 138 valence electrons. The molecule has 2 atom stereocenters. The highest BCUT2D eigenvalue weighted by Gasteiger charge is 2.32. The van der Waals surface area contributed by atoms with E-state index in [1.807, 2.05) is 23.1 Å². The SMILES string of the molecule is COCCC(=O)N1CC[C@@H](Oc2cccnc2)[C@H](Cc2ccccc2)C1. The largest absolute Gasteiger partial charge is 0.488 e. The number of aromatic nitrogens is 1. The number of benzene rings is 1. The maximum absolute atomic E-state index is 12.4. The lowest BCUT2D eigenvalue weighted by molar-refractivity contribution is -0.135. The molecule has 1 aliphatic rings. The molecule has 0 N–H and O–H groups in total. The van der Waals surface area contributed by atoms with Crippen LogP contribution in [0.25, 0.3) is 0 Å². The number of likely N-dealkylation sites (tertiary alicyclic amines) is 1. The van der Waals surface area contributed by atoms with Gasteiger partial charge in [-0.05, 0) is 24.1 Å². The maximum Gasteiger partial charge on any atom is 0.224 e. The van der Waals surface area contributed by atoms with Crippen LogP contribution in [0, 0.1) is 5.92 Å². The van der Waals surface area contributed by atoms with E-state index in [1.165, 1.54) is 5.56 Å². The zero-order valence-corrected chi connectivity index (χ0v) is 15.2. The van der Waals surface area contributed by atoms with Crippen molar-refractivity contribution in [2.75, 3.05) is 26.8 Å². The smallest absolute Gasteiger partial charge is 0.224 e. The summed E-state index contributed by atoms with van der Waals surface area (Å²) in [5.41, 5.74) is 1.27. The predicted octanol–water partition coefficient (Wildman–Crippen LogP) is 2.96. The average molecular weight is 354 g/mol. The standard InChI is InChI=1S/C21H26N2O3/c1-25-13-10-21(24)23-12-9-20(26-19-8-5-11-22-15-19)18(16-23)14-17-6-3-2-4-7-17/h2-8,11,15,18,20H,9-10,12-14,16H2,1H3/t18-,20-/m1/s1. The summed E-state index contributed by atoms with van der Waals surface area (Å²) in [7, 11) is 1.62. The molecule has 5 heteroatoms. The first-order valence-electron chi connectivity index (χ1n) is 9.13. The van der Waals surface area contributed by atoms with Crippen molar-refractivity contribution in [3.05, 3.63) is 60.4 Å². The second kappa shape index (κ2) is 9.34. The first-order valence-corrected chi connectivity index (χ1v) is 9.13. The Morgan fingerprint density at radius 3 is 2.81 bits per heavy atom. The lowest BCUT2D eigenvalue weighted by atomic mass is 9.88. The summed E-state index contributed by atoms with van der Waals surface area (Å²) in [5.74, 6) is 1.19. The van der Waals surface area contributed by atoms with Crippen molar-refractivity contribution in [1.29, 1.82) is 0 Å². The van der Waals surface area contributed by atoms with Crippen molar-refractivity contribution in [1.82, 2.24) is 9.88 Å². The molecule has 0 unspecified atom stereocenters. The van der Waals surface area contributed by atoms with Crippen LogP contribution in [0.1, 0.15) is 18.4 Å². The fraction of sp³-hybridized carbons (Fsp3) is 0.429. The number of amides is 1. The Labute approximate surface area is 155 Å². The number of methoxy groups -OCH3 is 1. The Morgan fingerprint density at radius 1 is 1.23 bits per heavy atom. The van der Waals surface area contributed by atoms with Gasteiger partial charge in [0.15, 0.2) is 0 Å². The number of piperidine rings is 1. The Kier molecular flexibility index (Phi) is 6.61. The summed E-state index contributed by atoms with van der Waals surface area (Å²) >= 11 is 0. The van der Waals surface area contributed by atoms with Gasteiger partial charge in [-0.25, -0.2) is 0 Å². The molecule has 0 aliphatic carbocycles. The number of nitrogens with zero attached hydrogens (tertiary/aromatic N) is 2. The van der Waals surface area contributed by atoms with Crippen molar-refractivity contribution in [3.8, 4) is 5.75 Å². The molecule has 0 bridgehead atoms. The minimum atomic E-state index is 0.0749. The maximum atomic E-state index is 12.4. The third kappa shape index (κ3) is 5.05. The zero-order valence-electron chi connectivity index (χ0n) is 15.2.